The van der Waals surface area contributed by atoms with Crippen LogP contribution in [0.4, 0.5) is 5.69 Å². The smallest absolute Gasteiger partial charge is 0.0955 e. The third kappa shape index (κ3) is 1.93. The monoisotopic (exact) mass is 245 g/mol. The third-order valence-electron chi connectivity index (χ3n) is 4.62. The van der Waals surface area contributed by atoms with Gasteiger partial charge in [-0.05, 0) is 44.7 Å². The molecule has 18 heavy (non-hydrogen) atoms. The fraction of sp³-hybridized carbons (Fsp3) is 0.625. The second kappa shape index (κ2) is 4.27. The standard InChI is InChI=1S/C16H23NO/c1-12-9-10-14-15(11-12)17(18-16(14,2)3)13-7-5-4-6-8-13/h4-8,12,14-15H,9-11H2,1-3H3. The summed E-state index contributed by atoms with van der Waals surface area (Å²) in [6.45, 7) is 6.85. The summed E-state index contributed by atoms with van der Waals surface area (Å²) in [6, 6.07) is 11.1. The van der Waals surface area contributed by atoms with Gasteiger partial charge in [0, 0.05) is 5.92 Å². The number of hydrogen-bond acceptors (Lipinski definition) is 2. The van der Waals surface area contributed by atoms with Crippen molar-refractivity contribution in [2.75, 3.05) is 5.06 Å². The van der Waals surface area contributed by atoms with E-state index in [4.69, 9.17) is 4.84 Å². The van der Waals surface area contributed by atoms with Crippen molar-refractivity contribution in [1.29, 1.82) is 0 Å². The summed E-state index contributed by atoms with van der Waals surface area (Å²) in [5.41, 5.74) is 1.17. The molecule has 3 atom stereocenters. The maximum absolute atomic E-state index is 6.26. The molecule has 1 saturated heterocycles. The Morgan fingerprint density at radius 1 is 1.17 bits per heavy atom. The first-order chi connectivity index (χ1) is 8.58. The van der Waals surface area contributed by atoms with Crippen LogP contribution in [-0.2, 0) is 4.84 Å². The molecule has 0 aromatic heterocycles. The van der Waals surface area contributed by atoms with E-state index in [1.54, 1.807) is 0 Å². The maximum atomic E-state index is 6.26. The van der Waals surface area contributed by atoms with E-state index in [1.165, 1.54) is 24.9 Å². The van der Waals surface area contributed by atoms with Gasteiger partial charge in [-0.2, -0.15) is 0 Å². The van der Waals surface area contributed by atoms with Crippen LogP contribution in [0, 0.1) is 11.8 Å². The molecule has 2 heteroatoms. The van der Waals surface area contributed by atoms with Crippen LogP contribution in [0.5, 0.6) is 0 Å². The Morgan fingerprint density at radius 3 is 2.61 bits per heavy atom. The molecular weight excluding hydrogens is 222 g/mol. The van der Waals surface area contributed by atoms with Crippen molar-refractivity contribution < 1.29 is 4.84 Å². The van der Waals surface area contributed by atoms with Crippen LogP contribution in [0.3, 0.4) is 0 Å². The first kappa shape index (κ1) is 12.0. The summed E-state index contributed by atoms with van der Waals surface area (Å²) < 4.78 is 0. The van der Waals surface area contributed by atoms with Crippen molar-refractivity contribution in [1.82, 2.24) is 0 Å². The molecule has 2 nitrogen and oxygen atoms in total. The van der Waals surface area contributed by atoms with Crippen molar-refractivity contribution >= 4 is 5.69 Å². The van der Waals surface area contributed by atoms with Gasteiger partial charge in [-0.1, -0.05) is 31.5 Å². The molecule has 1 aliphatic carbocycles. The largest absolute Gasteiger partial charge is 0.267 e. The zero-order chi connectivity index (χ0) is 12.8. The predicted octanol–water partition coefficient (Wildman–Crippen LogP) is 4.02. The Balaban J connectivity index is 1.91. The van der Waals surface area contributed by atoms with E-state index in [1.807, 2.05) is 0 Å². The van der Waals surface area contributed by atoms with Crippen molar-refractivity contribution in [2.24, 2.45) is 11.8 Å². The van der Waals surface area contributed by atoms with Gasteiger partial charge in [0.05, 0.1) is 17.3 Å². The van der Waals surface area contributed by atoms with Crippen molar-refractivity contribution in [3.8, 4) is 0 Å². The lowest BCUT2D eigenvalue weighted by Crippen LogP contribution is -2.38. The lowest BCUT2D eigenvalue weighted by Gasteiger charge is -2.34. The molecule has 1 saturated carbocycles. The number of rotatable bonds is 1. The summed E-state index contributed by atoms with van der Waals surface area (Å²) in [5.74, 6) is 1.48. The van der Waals surface area contributed by atoms with E-state index in [2.05, 4.69) is 56.2 Å². The van der Waals surface area contributed by atoms with Crippen LogP contribution in [0.25, 0.3) is 0 Å². The number of hydroxylamine groups is 1. The Hall–Kier alpha value is -1.02. The van der Waals surface area contributed by atoms with Gasteiger partial charge in [0.1, 0.15) is 0 Å². The van der Waals surface area contributed by atoms with E-state index in [9.17, 15) is 0 Å². The second-order valence-corrected chi connectivity index (χ2v) is 6.45. The molecule has 2 aliphatic rings. The van der Waals surface area contributed by atoms with Gasteiger partial charge < -0.3 is 0 Å². The first-order valence-electron chi connectivity index (χ1n) is 7.11. The third-order valence-corrected chi connectivity index (χ3v) is 4.62. The quantitative estimate of drug-likeness (QED) is 0.741. The molecule has 1 aliphatic heterocycles. The molecular formula is C16H23NO. The molecule has 1 aromatic carbocycles. The summed E-state index contributed by atoms with van der Waals surface area (Å²) in [5, 5.41) is 2.18. The molecule has 0 amide bonds. The van der Waals surface area contributed by atoms with Crippen molar-refractivity contribution in [2.45, 2.75) is 51.7 Å². The highest BCUT2D eigenvalue weighted by Gasteiger charge is 2.50. The number of para-hydroxylation sites is 1. The van der Waals surface area contributed by atoms with Crippen LogP contribution in [-0.4, -0.2) is 11.6 Å². The SMILES string of the molecule is CC1CCC2C(C1)N(c1ccccc1)OC2(C)C. The summed E-state index contributed by atoms with van der Waals surface area (Å²) in [7, 11) is 0. The molecule has 0 N–H and O–H groups in total. The van der Waals surface area contributed by atoms with Crippen LogP contribution in [0.15, 0.2) is 30.3 Å². The van der Waals surface area contributed by atoms with Crippen LogP contribution >= 0.6 is 0 Å². The minimum atomic E-state index is -0.0271. The zero-order valence-corrected chi connectivity index (χ0v) is 11.6. The van der Waals surface area contributed by atoms with Crippen molar-refractivity contribution in [3.05, 3.63) is 30.3 Å². The van der Waals surface area contributed by atoms with Crippen LogP contribution < -0.4 is 5.06 Å². The second-order valence-electron chi connectivity index (χ2n) is 6.45. The van der Waals surface area contributed by atoms with Gasteiger partial charge >= 0.3 is 0 Å². The van der Waals surface area contributed by atoms with E-state index in [0.717, 1.165) is 5.92 Å². The Labute approximate surface area is 110 Å². The lowest BCUT2D eigenvalue weighted by atomic mass is 9.73. The normalized spacial score (nSPS) is 34.4. The lowest BCUT2D eigenvalue weighted by molar-refractivity contribution is -0.00672. The van der Waals surface area contributed by atoms with Crippen LogP contribution in [0.2, 0.25) is 0 Å². The predicted molar refractivity (Wildman–Crippen MR) is 74.4 cm³/mol. The Bertz CT molecular complexity index is 414. The first-order valence-corrected chi connectivity index (χ1v) is 7.11. The highest BCUT2D eigenvalue weighted by atomic mass is 16.7. The average Bonchev–Trinajstić information content (AvgIpc) is 2.62. The van der Waals surface area contributed by atoms with Gasteiger partial charge in [-0.15, -0.1) is 0 Å². The molecule has 3 rings (SSSR count). The number of hydrogen-bond donors (Lipinski definition) is 0. The molecule has 1 aromatic rings. The van der Waals surface area contributed by atoms with E-state index >= 15 is 0 Å². The topological polar surface area (TPSA) is 12.5 Å². The summed E-state index contributed by atoms with van der Waals surface area (Å²) in [6.07, 6.45) is 3.89. The summed E-state index contributed by atoms with van der Waals surface area (Å²) in [4.78, 5) is 6.26. The number of anilines is 1. The van der Waals surface area contributed by atoms with Gasteiger partial charge in [0.2, 0.25) is 0 Å². The minimum Gasteiger partial charge on any atom is -0.267 e. The average molecular weight is 245 g/mol. The fourth-order valence-electron chi connectivity index (χ4n) is 3.63. The van der Waals surface area contributed by atoms with E-state index in [0.29, 0.717) is 12.0 Å². The summed E-state index contributed by atoms with van der Waals surface area (Å²) >= 11 is 0. The Kier molecular flexibility index (Phi) is 2.86. The minimum absolute atomic E-state index is 0.0271. The zero-order valence-electron chi connectivity index (χ0n) is 11.6. The molecule has 3 unspecified atom stereocenters. The molecule has 1 heterocycles. The number of benzene rings is 1. The van der Waals surface area contributed by atoms with E-state index in [-0.39, 0.29) is 5.60 Å². The van der Waals surface area contributed by atoms with Crippen molar-refractivity contribution in [3.63, 3.8) is 0 Å². The van der Waals surface area contributed by atoms with Crippen LogP contribution in [0.1, 0.15) is 40.0 Å². The number of nitrogens with zero attached hydrogens (tertiary/aromatic N) is 1. The Morgan fingerprint density at radius 2 is 1.89 bits per heavy atom. The molecule has 0 bridgehead atoms. The molecule has 2 fully saturated rings. The molecule has 98 valence electrons. The van der Waals surface area contributed by atoms with E-state index < -0.39 is 0 Å². The maximum Gasteiger partial charge on any atom is 0.0955 e. The van der Waals surface area contributed by atoms with Gasteiger partial charge in [0.25, 0.3) is 0 Å². The number of fused-ring (bicyclic) bond motifs is 1. The fourth-order valence-corrected chi connectivity index (χ4v) is 3.63. The van der Waals surface area contributed by atoms with Gasteiger partial charge in [0.15, 0.2) is 0 Å². The van der Waals surface area contributed by atoms with Gasteiger partial charge in [-0.3, -0.25) is 9.90 Å². The highest BCUT2D eigenvalue weighted by molar-refractivity contribution is 5.46. The van der Waals surface area contributed by atoms with Gasteiger partial charge in [-0.25, -0.2) is 0 Å². The molecule has 0 spiro atoms. The molecule has 0 radical (unpaired) electrons. The highest BCUT2D eigenvalue weighted by Crippen LogP contribution is 2.47.